The summed E-state index contributed by atoms with van der Waals surface area (Å²) in [5, 5.41) is 12.3. The maximum absolute atomic E-state index is 9.09. The van der Waals surface area contributed by atoms with Crippen molar-refractivity contribution in [2.75, 3.05) is 13.2 Å². The first-order valence-electron chi connectivity index (χ1n) is 5.83. The number of hydrogen-bond acceptors (Lipinski definition) is 3. The fourth-order valence-corrected chi connectivity index (χ4v) is 1.35. The number of aliphatic hydroxyl groups is 1. The summed E-state index contributed by atoms with van der Waals surface area (Å²) >= 11 is 0. The first kappa shape index (κ1) is 13.0. The summed E-state index contributed by atoms with van der Waals surface area (Å²) in [6, 6.07) is 8.05. The van der Waals surface area contributed by atoms with Crippen LogP contribution < -0.4 is 10.1 Å². The second-order valence-electron chi connectivity index (χ2n) is 3.97. The molecule has 0 aliphatic rings. The quantitative estimate of drug-likeness (QED) is 0.742. The summed E-state index contributed by atoms with van der Waals surface area (Å²) in [6.07, 6.45) is 0.727. The van der Waals surface area contributed by atoms with Crippen molar-refractivity contribution >= 4 is 0 Å². The normalized spacial score (nSPS) is 12.4. The Morgan fingerprint density at radius 1 is 1.31 bits per heavy atom. The average molecular weight is 223 g/mol. The van der Waals surface area contributed by atoms with Crippen molar-refractivity contribution in [1.82, 2.24) is 5.32 Å². The molecule has 1 aromatic carbocycles. The zero-order valence-electron chi connectivity index (χ0n) is 10.1. The molecule has 3 heteroatoms. The third kappa shape index (κ3) is 5.14. The second-order valence-corrected chi connectivity index (χ2v) is 3.97. The highest BCUT2D eigenvalue weighted by Crippen LogP contribution is 2.12. The van der Waals surface area contributed by atoms with Crippen molar-refractivity contribution < 1.29 is 9.84 Å². The molecule has 0 aliphatic heterocycles. The van der Waals surface area contributed by atoms with E-state index in [1.54, 1.807) is 6.92 Å². The van der Waals surface area contributed by atoms with Crippen LogP contribution in [0.15, 0.2) is 24.3 Å². The first-order valence-corrected chi connectivity index (χ1v) is 5.83. The van der Waals surface area contributed by atoms with Crippen LogP contribution in [0.4, 0.5) is 0 Å². The topological polar surface area (TPSA) is 41.5 Å². The standard InChI is InChI=1S/C13H21NO2/c1-3-8-16-13-6-4-12(5-7-13)10-14-9-11(2)15/h4-7,11,14-15H,3,8-10H2,1-2H3. The van der Waals surface area contributed by atoms with Crippen LogP contribution in [-0.2, 0) is 6.54 Å². The Bertz CT molecular complexity index is 282. The molecule has 90 valence electrons. The molecule has 16 heavy (non-hydrogen) atoms. The molecule has 0 amide bonds. The first-order chi connectivity index (χ1) is 7.72. The van der Waals surface area contributed by atoms with Crippen molar-refractivity contribution in [3.05, 3.63) is 29.8 Å². The molecule has 2 N–H and O–H groups in total. The van der Waals surface area contributed by atoms with Crippen LogP contribution in [0.3, 0.4) is 0 Å². The van der Waals surface area contributed by atoms with Crippen LogP contribution in [0.5, 0.6) is 5.75 Å². The molecule has 0 aliphatic carbocycles. The fourth-order valence-electron chi connectivity index (χ4n) is 1.35. The third-order valence-electron chi connectivity index (χ3n) is 2.17. The average Bonchev–Trinajstić information content (AvgIpc) is 2.27. The van der Waals surface area contributed by atoms with Crippen LogP contribution in [0.2, 0.25) is 0 Å². The Hall–Kier alpha value is -1.06. The molecule has 0 saturated carbocycles. The highest BCUT2D eigenvalue weighted by atomic mass is 16.5. The van der Waals surface area contributed by atoms with Gasteiger partial charge in [0.15, 0.2) is 0 Å². The number of rotatable bonds is 7. The molecule has 1 rings (SSSR count). The highest BCUT2D eigenvalue weighted by Gasteiger charge is 1.97. The second kappa shape index (κ2) is 7.25. The number of hydrogen-bond donors (Lipinski definition) is 2. The predicted octanol–water partition coefficient (Wildman–Crippen LogP) is 1.95. The summed E-state index contributed by atoms with van der Waals surface area (Å²) in [5.41, 5.74) is 1.20. The Balaban J connectivity index is 2.33. The van der Waals surface area contributed by atoms with Crippen LogP contribution in [0.25, 0.3) is 0 Å². The van der Waals surface area contributed by atoms with Gasteiger partial charge in [0, 0.05) is 13.1 Å². The van der Waals surface area contributed by atoms with Gasteiger partial charge in [0.2, 0.25) is 0 Å². The molecule has 0 fully saturated rings. The largest absolute Gasteiger partial charge is 0.494 e. The Labute approximate surface area is 97.4 Å². The van der Waals surface area contributed by atoms with Gasteiger partial charge in [-0.05, 0) is 31.0 Å². The molecule has 3 nitrogen and oxygen atoms in total. The van der Waals surface area contributed by atoms with E-state index in [-0.39, 0.29) is 6.10 Å². The summed E-state index contributed by atoms with van der Waals surface area (Å²) in [7, 11) is 0. The summed E-state index contributed by atoms with van der Waals surface area (Å²) in [4.78, 5) is 0. The molecule has 0 heterocycles. The number of ether oxygens (including phenoxy) is 1. The van der Waals surface area contributed by atoms with E-state index in [2.05, 4.69) is 12.2 Å². The third-order valence-corrected chi connectivity index (χ3v) is 2.17. The van der Waals surface area contributed by atoms with E-state index in [9.17, 15) is 0 Å². The zero-order valence-corrected chi connectivity index (χ0v) is 10.1. The Kier molecular flexibility index (Phi) is 5.90. The SMILES string of the molecule is CCCOc1ccc(CNCC(C)O)cc1. The minimum Gasteiger partial charge on any atom is -0.494 e. The van der Waals surface area contributed by atoms with E-state index in [0.29, 0.717) is 6.54 Å². The van der Waals surface area contributed by atoms with E-state index < -0.39 is 0 Å². The predicted molar refractivity (Wildman–Crippen MR) is 65.6 cm³/mol. The number of benzene rings is 1. The van der Waals surface area contributed by atoms with Crippen molar-refractivity contribution in [3.8, 4) is 5.75 Å². The molecule has 1 unspecified atom stereocenters. The van der Waals surface area contributed by atoms with Gasteiger partial charge in [0.25, 0.3) is 0 Å². The van der Waals surface area contributed by atoms with E-state index >= 15 is 0 Å². The van der Waals surface area contributed by atoms with Gasteiger partial charge in [-0.1, -0.05) is 19.1 Å². The van der Waals surface area contributed by atoms with Gasteiger partial charge in [-0.3, -0.25) is 0 Å². The van der Waals surface area contributed by atoms with Gasteiger partial charge in [0.1, 0.15) is 5.75 Å². The molecule has 0 spiro atoms. The number of aliphatic hydroxyl groups excluding tert-OH is 1. The summed E-state index contributed by atoms with van der Waals surface area (Å²) in [5.74, 6) is 0.918. The van der Waals surface area contributed by atoms with E-state index in [4.69, 9.17) is 9.84 Å². The fraction of sp³-hybridized carbons (Fsp3) is 0.538. The smallest absolute Gasteiger partial charge is 0.119 e. The van der Waals surface area contributed by atoms with Gasteiger partial charge in [0.05, 0.1) is 12.7 Å². The highest BCUT2D eigenvalue weighted by molar-refractivity contribution is 5.27. The van der Waals surface area contributed by atoms with Crippen molar-refractivity contribution in [2.24, 2.45) is 0 Å². The lowest BCUT2D eigenvalue weighted by molar-refractivity contribution is 0.191. The van der Waals surface area contributed by atoms with Crippen LogP contribution in [0, 0.1) is 0 Å². The Morgan fingerprint density at radius 2 is 2.00 bits per heavy atom. The van der Waals surface area contributed by atoms with Crippen molar-refractivity contribution in [1.29, 1.82) is 0 Å². The molecular weight excluding hydrogens is 202 g/mol. The van der Waals surface area contributed by atoms with Gasteiger partial charge in [-0.15, -0.1) is 0 Å². The lowest BCUT2D eigenvalue weighted by Crippen LogP contribution is -2.23. The van der Waals surface area contributed by atoms with Gasteiger partial charge in [-0.2, -0.15) is 0 Å². The molecule has 1 atom stereocenters. The molecule has 0 bridgehead atoms. The monoisotopic (exact) mass is 223 g/mol. The van der Waals surface area contributed by atoms with Crippen molar-refractivity contribution in [3.63, 3.8) is 0 Å². The Morgan fingerprint density at radius 3 is 2.56 bits per heavy atom. The van der Waals surface area contributed by atoms with E-state index in [0.717, 1.165) is 25.3 Å². The lowest BCUT2D eigenvalue weighted by Gasteiger charge is -2.08. The maximum Gasteiger partial charge on any atom is 0.119 e. The van der Waals surface area contributed by atoms with Crippen LogP contribution >= 0.6 is 0 Å². The molecular formula is C13H21NO2. The van der Waals surface area contributed by atoms with Crippen LogP contribution in [0.1, 0.15) is 25.8 Å². The van der Waals surface area contributed by atoms with E-state index in [1.165, 1.54) is 5.56 Å². The molecule has 1 aromatic rings. The van der Waals surface area contributed by atoms with E-state index in [1.807, 2.05) is 24.3 Å². The minimum absolute atomic E-state index is 0.299. The maximum atomic E-state index is 9.09. The zero-order chi connectivity index (χ0) is 11.8. The van der Waals surface area contributed by atoms with Gasteiger partial charge in [-0.25, -0.2) is 0 Å². The lowest BCUT2D eigenvalue weighted by atomic mass is 10.2. The summed E-state index contributed by atoms with van der Waals surface area (Å²) < 4.78 is 5.49. The summed E-state index contributed by atoms with van der Waals surface area (Å²) in [6.45, 7) is 6.02. The van der Waals surface area contributed by atoms with Gasteiger partial charge >= 0.3 is 0 Å². The number of nitrogens with one attached hydrogen (secondary N) is 1. The van der Waals surface area contributed by atoms with Crippen LogP contribution in [-0.4, -0.2) is 24.4 Å². The molecule has 0 aromatic heterocycles. The van der Waals surface area contributed by atoms with Crippen molar-refractivity contribution in [2.45, 2.75) is 32.9 Å². The molecule has 0 radical (unpaired) electrons. The minimum atomic E-state index is -0.299. The van der Waals surface area contributed by atoms with Gasteiger partial charge < -0.3 is 15.2 Å². The molecule has 0 saturated heterocycles.